The predicted molar refractivity (Wildman–Crippen MR) is 79.9 cm³/mol. The number of ether oxygens (including phenoxy) is 2. The van der Waals surface area contributed by atoms with E-state index in [1.165, 1.54) is 4.46 Å². The van der Waals surface area contributed by atoms with Crippen LogP contribution in [0.1, 0.15) is 26.2 Å². The van der Waals surface area contributed by atoms with Crippen LogP contribution < -0.4 is 4.46 Å². The summed E-state index contributed by atoms with van der Waals surface area (Å²) in [5.74, 6) is 0. The topological polar surface area (TPSA) is 18.5 Å². The van der Waals surface area contributed by atoms with Crippen LogP contribution in [0.4, 0.5) is 0 Å². The Morgan fingerprint density at radius 1 is 1.26 bits per heavy atom. The summed E-state index contributed by atoms with van der Waals surface area (Å²) in [6, 6.07) is 10.6. The van der Waals surface area contributed by atoms with E-state index >= 15 is 0 Å². The van der Waals surface area contributed by atoms with E-state index in [1.54, 1.807) is 0 Å². The van der Waals surface area contributed by atoms with Gasteiger partial charge >= 0.3 is 122 Å². The van der Waals surface area contributed by atoms with E-state index in [9.17, 15) is 0 Å². The molecule has 2 nitrogen and oxygen atoms in total. The molecule has 3 unspecified atom stereocenters. The Hall–Kier alpha value is -0.601. The Labute approximate surface area is 122 Å². The summed E-state index contributed by atoms with van der Waals surface area (Å²) in [5.41, 5.74) is 0. The molecule has 1 aromatic carbocycles. The van der Waals surface area contributed by atoms with Crippen LogP contribution in [0.15, 0.2) is 43.0 Å². The van der Waals surface area contributed by atoms with Gasteiger partial charge in [-0.2, -0.15) is 0 Å². The SMILES string of the molecule is C=CC1CCCC(C)OC(C[Se]c2ccccc2)O1. The zero-order valence-corrected chi connectivity index (χ0v) is 13.2. The van der Waals surface area contributed by atoms with Gasteiger partial charge in [-0.25, -0.2) is 0 Å². The van der Waals surface area contributed by atoms with Gasteiger partial charge in [-0.1, -0.05) is 0 Å². The molecule has 1 aliphatic heterocycles. The third-order valence-electron chi connectivity index (χ3n) is 3.20. The fourth-order valence-electron chi connectivity index (χ4n) is 2.16. The van der Waals surface area contributed by atoms with E-state index in [1.807, 2.05) is 6.08 Å². The van der Waals surface area contributed by atoms with Gasteiger partial charge in [0.2, 0.25) is 0 Å². The molecule has 0 aliphatic carbocycles. The van der Waals surface area contributed by atoms with Crippen LogP contribution in [0.25, 0.3) is 0 Å². The molecule has 0 radical (unpaired) electrons. The fraction of sp³-hybridized carbons (Fsp3) is 0.500. The summed E-state index contributed by atoms with van der Waals surface area (Å²) in [5, 5.41) is 0.964. The first-order valence-electron chi connectivity index (χ1n) is 6.89. The van der Waals surface area contributed by atoms with Crippen LogP contribution in [-0.4, -0.2) is 33.5 Å². The maximum absolute atomic E-state index is 6.01. The summed E-state index contributed by atoms with van der Waals surface area (Å²) >= 11 is 0.399. The van der Waals surface area contributed by atoms with Gasteiger partial charge in [0.25, 0.3) is 0 Å². The number of benzene rings is 1. The first-order valence-corrected chi connectivity index (χ1v) is 8.96. The van der Waals surface area contributed by atoms with E-state index in [0.717, 1.165) is 24.6 Å². The summed E-state index contributed by atoms with van der Waals surface area (Å²) in [4.78, 5) is 0. The van der Waals surface area contributed by atoms with Crippen molar-refractivity contribution in [1.29, 1.82) is 0 Å². The second-order valence-electron chi connectivity index (χ2n) is 4.84. The van der Waals surface area contributed by atoms with E-state index in [4.69, 9.17) is 9.47 Å². The average Bonchev–Trinajstić information content (AvgIpc) is 2.42. The zero-order valence-electron chi connectivity index (χ0n) is 11.5. The molecule has 3 atom stereocenters. The summed E-state index contributed by atoms with van der Waals surface area (Å²) in [6.45, 7) is 5.99. The van der Waals surface area contributed by atoms with Crippen molar-refractivity contribution in [3.05, 3.63) is 43.0 Å². The monoisotopic (exact) mass is 326 g/mol. The third-order valence-corrected chi connectivity index (χ3v) is 5.39. The molecule has 19 heavy (non-hydrogen) atoms. The third kappa shape index (κ3) is 5.12. The minimum atomic E-state index is -0.0847. The van der Waals surface area contributed by atoms with Crippen LogP contribution in [0.2, 0.25) is 5.32 Å². The standard InChI is InChI=1S/C16H22O2Se/c1-3-14-9-7-8-13(2)17-16(18-14)12-19-15-10-5-4-6-11-15/h3-6,10-11,13-14,16H,1,7-9,12H2,2H3. The van der Waals surface area contributed by atoms with E-state index in [-0.39, 0.29) is 12.4 Å². The first-order chi connectivity index (χ1) is 9.28. The van der Waals surface area contributed by atoms with Crippen LogP contribution >= 0.6 is 0 Å². The Kier molecular flexibility index (Phi) is 6.12. The summed E-state index contributed by atoms with van der Waals surface area (Å²) in [7, 11) is 0. The summed E-state index contributed by atoms with van der Waals surface area (Å²) in [6.07, 6.45) is 5.58. The van der Waals surface area contributed by atoms with Crippen molar-refractivity contribution in [1.82, 2.24) is 0 Å². The molecule has 0 amide bonds. The van der Waals surface area contributed by atoms with Gasteiger partial charge in [0.15, 0.2) is 0 Å². The van der Waals surface area contributed by atoms with Gasteiger partial charge in [-0.15, -0.1) is 0 Å². The van der Waals surface area contributed by atoms with E-state index in [2.05, 4.69) is 43.8 Å². The molecule has 0 aromatic heterocycles. The van der Waals surface area contributed by atoms with Crippen molar-refractivity contribution in [2.75, 3.05) is 0 Å². The molecule has 1 aliphatic rings. The van der Waals surface area contributed by atoms with Crippen LogP contribution in [0.3, 0.4) is 0 Å². The van der Waals surface area contributed by atoms with E-state index in [0.29, 0.717) is 21.1 Å². The number of rotatable bonds is 4. The van der Waals surface area contributed by atoms with Gasteiger partial charge in [0.05, 0.1) is 0 Å². The van der Waals surface area contributed by atoms with Gasteiger partial charge in [-0.05, 0) is 0 Å². The molecule has 1 aromatic rings. The second kappa shape index (κ2) is 7.86. The number of hydrogen-bond donors (Lipinski definition) is 0. The molecular weight excluding hydrogens is 303 g/mol. The van der Waals surface area contributed by atoms with Crippen LogP contribution in [0.5, 0.6) is 0 Å². The minimum absolute atomic E-state index is 0.0847. The molecule has 1 heterocycles. The zero-order chi connectivity index (χ0) is 13.5. The van der Waals surface area contributed by atoms with Crippen molar-refractivity contribution in [3.63, 3.8) is 0 Å². The fourth-order valence-corrected chi connectivity index (χ4v) is 3.91. The molecular formula is C16H22O2Se. The van der Waals surface area contributed by atoms with Crippen LogP contribution in [0, 0.1) is 0 Å². The maximum atomic E-state index is 6.01. The quantitative estimate of drug-likeness (QED) is 0.626. The first kappa shape index (κ1) is 14.8. The molecule has 0 N–H and O–H groups in total. The molecule has 3 heteroatoms. The van der Waals surface area contributed by atoms with Gasteiger partial charge in [0, 0.05) is 0 Å². The van der Waals surface area contributed by atoms with Crippen molar-refractivity contribution in [2.45, 2.75) is 50.0 Å². The van der Waals surface area contributed by atoms with Gasteiger partial charge in [-0.3, -0.25) is 0 Å². The van der Waals surface area contributed by atoms with Crippen molar-refractivity contribution in [3.8, 4) is 0 Å². The van der Waals surface area contributed by atoms with Gasteiger partial charge < -0.3 is 0 Å². The molecule has 1 fully saturated rings. The van der Waals surface area contributed by atoms with Gasteiger partial charge in [0.1, 0.15) is 0 Å². The summed E-state index contributed by atoms with van der Waals surface area (Å²) < 4.78 is 13.4. The molecule has 0 spiro atoms. The second-order valence-corrected chi connectivity index (χ2v) is 7.14. The molecule has 0 bridgehead atoms. The van der Waals surface area contributed by atoms with E-state index < -0.39 is 0 Å². The Morgan fingerprint density at radius 2 is 2.05 bits per heavy atom. The Balaban J connectivity index is 1.89. The molecule has 1 saturated heterocycles. The molecule has 104 valence electrons. The number of hydrogen-bond acceptors (Lipinski definition) is 2. The van der Waals surface area contributed by atoms with Crippen LogP contribution in [-0.2, 0) is 9.47 Å². The Morgan fingerprint density at radius 3 is 2.79 bits per heavy atom. The molecule has 2 rings (SSSR count). The predicted octanol–water partition coefficient (Wildman–Crippen LogP) is 2.92. The Bertz CT molecular complexity index is 380. The average molecular weight is 325 g/mol. The van der Waals surface area contributed by atoms with Crippen molar-refractivity contribution < 1.29 is 9.47 Å². The molecule has 0 saturated carbocycles. The normalized spacial score (nSPS) is 28.4. The van der Waals surface area contributed by atoms with Crippen molar-refractivity contribution >= 4 is 19.4 Å². The van der Waals surface area contributed by atoms with Crippen molar-refractivity contribution in [2.24, 2.45) is 0 Å².